The van der Waals surface area contributed by atoms with Gasteiger partial charge in [0.2, 0.25) is 10.0 Å². The molecule has 88 valence electrons. The van der Waals surface area contributed by atoms with Crippen LogP contribution in [0.5, 0.6) is 0 Å². The number of sulfonamides is 1. The number of hydrogen-bond donors (Lipinski definition) is 1. The second-order valence-corrected chi connectivity index (χ2v) is 6.03. The van der Waals surface area contributed by atoms with Gasteiger partial charge in [-0.1, -0.05) is 0 Å². The minimum Gasteiger partial charge on any atom is -0.260 e. The van der Waals surface area contributed by atoms with Crippen LogP contribution in [0.2, 0.25) is 0 Å². The molecule has 0 bridgehead atoms. The zero-order valence-corrected chi connectivity index (χ0v) is 10.6. The minimum absolute atomic E-state index is 0.118. The van der Waals surface area contributed by atoms with Gasteiger partial charge in [-0.2, -0.15) is 10.4 Å². The maximum Gasteiger partial charge on any atom is 0.209 e. The molecule has 0 aliphatic carbocycles. The molecule has 1 aromatic heterocycles. The number of rotatable bonds is 4. The van der Waals surface area contributed by atoms with Crippen molar-refractivity contribution < 1.29 is 8.42 Å². The van der Waals surface area contributed by atoms with Crippen LogP contribution < -0.4 is 5.14 Å². The van der Waals surface area contributed by atoms with E-state index < -0.39 is 10.0 Å². The van der Waals surface area contributed by atoms with Crippen molar-refractivity contribution in [1.82, 2.24) is 9.78 Å². The molecule has 0 aromatic carbocycles. The number of aromatic nitrogens is 2. The highest BCUT2D eigenvalue weighted by Crippen LogP contribution is 2.23. The number of primary sulfonamides is 1. The van der Waals surface area contributed by atoms with Crippen LogP contribution in [0.15, 0.2) is 5.03 Å². The number of aryl methyl sites for hydroxylation is 2. The summed E-state index contributed by atoms with van der Waals surface area (Å²) in [6.07, 6.45) is 0. The lowest BCUT2D eigenvalue weighted by Gasteiger charge is -2.01. The van der Waals surface area contributed by atoms with Crippen LogP contribution in [0.4, 0.5) is 0 Å². The monoisotopic (exact) mass is 260 g/mol. The largest absolute Gasteiger partial charge is 0.260 e. The normalized spacial score (nSPS) is 11.4. The molecule has 1 aromatic rings. The summed E-state index contributed by atoms with van der Waals surface area (Å²) in [5, 5.41) is 18.6. The second-order valence-electron chi connectivity index (χ2n) is 3.22. The van der Waals surface area contributed by atoms with Gasteiger partial charge >= 0.3 is 0 Å². The molecule has 2 N–H and O–H groups in total. The van der Waals surface area contributed by atoms with Gasteiger partial charge in [0.25, 0.3) is 0 Å². The fraction of sp³-hybridized carbons (Fsp3) is 0.500. The third-order valence-corrected chi connectivity index (χ3v) is 4.07. The Hall–Kier alpha value is -1.04. The number of nitrogens with zero attached hydrogens (tertiary/aromatic N) is 3. The van der Waals surface area contributed by atoms with Crippen LogP contribution >= 0.6 is 11.8 Å². The van der Waals surface area contributed by atoms with Gasteiger partial charge in [0.05, 0.1) is 11.4 Å². The molecule has 8 heteroatoms. The van der Waals surface area contributed by atoms with Crippen LogP contribution in [0, 0.1) is 18.3 Å². The number of thioether (sulfide) groups is 1. The average molecular weight is 260 g/mol. The zero-order valence-electron chi connectivity index (χ0n) is 8.97. The lowest BCUT2D eigenvalue weighted by Crippen LogP contribution is -2.18. The molecule has 16 heavy (non-hydrogen) atoms. The molecule has 0 radical (unpaired) electrons. The predicted molar refractivity (Wildman–Crippen MR) is 61.4 cm³/mol. The van der Waals surface area contributed by atoms with E-state index in [9.17, 15) is 8.42 Å². The summed E-state index contributed by atoms with van der Waals surface area (Å²) < 4.78 is 23.1. The number of nitrogens with two attached hydrogens (primary N) is 1. The van der Waals surface area contributed by atoms with Gasteiger partial charge in [-0.3, -0.25) is 4.68 Å². The van der Waals surface area contributed by atoms with Crippen molar-refractivity contribution in [3.05, 3.63) is 11.3 Å². The fourth-order valence-corrected chi connectivity index (χ4v) is 3.21. The van der Waals surface area contributed by atoms with Gasteiger partial charge in [0, 0.05) is 12.8 Å². The summed E-state index contributed by atoms with van der Waals surface area (Å²) in [6, 6.07) is 2.05. The Bertz CT molecular complexity index is 527. The van der Waals surface area contributed by atoms with Crippen molar-refractivity contribution >= 4 is 21.8 Å². The maximum atomic E-state index is 10.7. The number of nitriles is 1. The zero-order chi connectivity index (χ0) is 12.3. The molecule has 1 rings (SSSR count). The van der Waals surface area contributed by atoms with Crippen LogP contribution in [-0.4, -0.2) is 29.7 Å². The van der Waals surface area contributed by atoms with E-state index in [0.717, 1.165) is 0 Å². The molecule has 0 unspecified atom stereocenters. The topological polar surface area (TPSA) is 102 Å². The van der Waals surface area contributed by atoms with Crippen molar-refractivity contribution in [1.29, 1.82) is 5.26 Å². The van der Waals surface area contributed by atoms with Crippen LogP contribution in [0.3, 0.4) is 0 Å². The Morgan fingerprint density at radius 1 is 1.62 bits per heavy atom. The van der Waals surface area contributed by atoms with Crippen molar-refractivity contribution in [2.75, 3.05) is 11.5 Å². The minimum atomic E-state index is -3.45. The van der Waals surface area contributed by atoms with E-state index in [1.165, 1.54) is 11.8 Å². The van der Waals surface area contributed by atoms with Crippen LogP contribution in [-0.2, 0) is 17.1 Å². The summed E-state index contributed by atoms with van der Waals surface area (Å²) in [4.78, 5) is 0. The van der Waals surface area contributed by atoms with E-state index in [2.05, 4.69) is 5.10 Å². The molecular weight excluding hydrogens is 248 g/mol. The van der Waals surface area contributed by atoms with Gasteiger partial charge < -0.3 is 0 Å². The molecule has 6 nitrogen and oxygen atoms in total. The first-order valence-electron chi connectivity index (χ1n) is 4.42. The highest BCUT2D eigenvalue weighted by Gasteiger charge is 2.14. The van der Waals surface area contributed by atoms with Crippen LogP contribution in [0.25, 0.3) is 0 Å². The third-order valence-electron chi connectivity index (χ3n) is 1.89. The smallest absolute Gasteiger partial charge is 0.209 e. The fourth-order valence-electron chi connectivity index (χ4n) is 1.19. The summed E-state index contributed by atoms with van der Waals surface area (Å²) in [5.41, 5.74) is 1.13. The molecule has 0 fully saturated rings. The van der Waals surface area contributed by atoms with Crippen LogP contribution in [0.1, 0.15) is 11.3 Å². The van der Waals surface area contributed by atoms with Gasteiger partial charge in [0.1, 0.15) is 16.7 Å². The first kappa shape index (κ1) is 13.0. The summed E-state index contributed by atoms with van der Waals surface area (Å²) in [6.45, 7) is 1.74. The summed E-state index contributed by atoms with van der Waals surface area (Å²) in [5.74, 6) is 0.194. The van der Waals surface area contributed by atoms with Crippen molar-refractivity contribution in [3.8, 4) is 6.07 Å². The Balaban J connectivity index is 2.79. The Morgan fingerprint density at radius 3 is 2.75 bits per heavy atom. The highest BCUT2D eigenvalue weighted by molar-refractivity contribution is 8.00. The first-order valence-corrected chi connectivity index (χ1v) is 7.12. The maximum absolute atomic E-state index is 10.7. The third kappa shape index (κ3) is 3.23. The highest BCUT2D eigenvalue weighted by atomic mass is 32.2. The van der Waals surface area contributed by atoms with Crippen molar-refractivity contribution in [2.24, 2.45) is 12.2 Å². The second kappa shape index (κ2) is 4.86. The first-order chi connectivity index (χ1) is 7.35. The van der Waals surface area contributed by atoms with E-state index in [4.69, 9.17) is 10.4 Å². The molecule has 0 saturated carbocycles. The lowest BCUT2D eigenvalue weighted by atomic mass is 10.3. The van der Waals surface area contributed by atoms with E-state index in [1.807, 2.05) is 6.07 Å². The van der Waals surface area contributed by atoms with E-state index >= 15 is 0 Å². The standard InChI is InChI=1S/C8H12N4O2S2/c1-6-7(5-9)8(12(2)11-6)15-3-4-16(10,13)14/h3-4H2,1-2H3,(H2,10,13,14). The molecule has 0 spiro atoms. The number of hydrogen-bond acceptors (Lipinski definition) is 5. The van der Waals surface area contributed by atoms with Gasteiger partial charge in [-0.25, -0.2) is 13.6 Å². The predicted octanol–water partition coefficient (Wildman–Crippen LogP) is -0.0192. The quantitative estimate of drug-likeness (QED) is 0.766. The molecule has 0 atom stereocenters. The van der Waals surface area contributed by atoms with E-state index in [1.54, 1.807) is 18.7 Å². The molecule has 0 amide bonds. The van der Waals surface area contributed by atoms with Gasteiger partial charge in [-0.15, -0.1) is 11.8 Å². The van der Waals surface area contributed by atoms with Gasteiger partial charge in [0.15, 0.2) is 0 Å². The molecule has 0 aliphatic rings. The average Bonchev–Trinajstić information content (AvgIpc) is 2.39. The Labute approximate surface area is 98.5 Å². The van der Waals surface area contributed by atoms with E-state index in [0.29, 0.717) is 22.0 Å². The van der Waals surface area contributed by atoms with Crippen molar-refractivity contribution in [3.63, 3.8) is 0 Å². The Morgan fingerprint density at radius 2 is 2.25 bits per heavy atom. The SMILES string of the molecule is Cc1nn(C)c(SCCS(N)(=O)=O)c1C#N. The van der Waals surface area contributed by atoms with Crippen molar-refractivity contribution in [2.45, 2.75) is 11.9 Å². The Kier molecular flexibility index (Phi) is 3.96. The molecular formula is C8H12N4O2S2. The molecule has 0 saturated heterocycles. The lowest BCUT2D eigenvalue weighted by molar-refractivity contribution is 0.599. The van der Waals surface area contributed by atoms with Gasteiger partial charge in [-0.05, 0) is 6.92 Å². The molecule has 0 aliphatic heterocycles. The summed E-state index contributed by atoms with van der Waals surface area (Å²) in [7, 11) is -1.74. The van der Waals surface area contributed by atoms with E-state index in [-0.39, 0.29) is 5.75 Å². The molecule has 1 heterocycles. The summed E-state index contributed by atoms with van der Waals surface area (Å²) >= 11 is 1.26.